The summed E-state index contributed by atoms with van der Waals surface area (Å²) in [4.78, 5) is 18.8. The van der Waals surface area contributed by atoms with Gasteiger partial charge < -0.3 is 15.0 Å². The van der Waals surface area contributed by atoms with E-state index in [1.807, 2.05) is 0 Å². The van der Waals surface area contributed by atoms with Crippen LogP contribution in [0.1, 0.15) is 9.67 Å². The highest BCUT2D eigenvalue weighted by Gasteiger charge is 2.16. The minimum absolute atomic E-state index is 0.0968. The molecule has 1 aromatic rings. The zero-order chi connectivity index (χ0) is 11.4. The molecule has 6 heteroatoms. The highest BCUT2D eigenvalue weighted by atomic mass is 32.1. The number of hydrogen-bond acceptors (Lipinski definition) is 6. The van der Waals surface area contributed by atoms with Crippen LogP contribution in [0.3, 0.4) is 0 Å². The van der Waals surface area contributed by atoms with E-state index in [0.717, 1.165) is 36.3 Å². The molecule has 1 saturated heterocycles. The number of likely N-dealkylation sites (N-methyl/N-ethyl adjacent to an activating group) is 1. The summed E-state index contributed by atoms with van der Waals surface area (Å²) in [5.74, 6) is 0.0968. The molecule has 0 spiro atoms. The molecule has 16 heavy (non-hydrogen) atoms. The predicted octanol–water partition coefficient (Wildman–Crippen LogP) is 0.382. The molecular formula is C10H15N3O2S. The van der Waals surface area contributed by atoms with E-state index in [2.05, 4.69) is 15.2 Å². The lowest BCUT2D eigenvalue weighted by Gasteiger charge is -2.25. The molecule has 2 heterocycles. The van der Waals surface area contributed by atoms with E-state index in [4.69, 9.17) is 4.74 Å². The molecular weight excluding hydrogens is 226 g/mol. The Morgan fingerprint density at radius 2 is 2.38 bits per heavy atom. The summed E-state index contributed by atoms with van der Waals surface area (Å²) in [5.41, 5.74) is 0. The minimum atomic E-state index is 0.0968. The summed E-state index contributed by atoms with van der Waals surface area (Å²) >= 11 is 1.46. The van der Waals surface area contributed by atoms with Gasteiger partial charge in [-0.2, -0.15) is 0 Å². The quantitative estimate of drug-likeness (QED) is 0.772. The van der Waals surface area contributed by atoms with Gasteiger partial charge in [0.05, 0.1) is 30.8 Å². The molecule has 0 atom stereocenters. The number of nitrogens with one attached hydrogen (secondary N) is 1. The van der Waals surface area contributed by atoms with Gasteiger partial charge in [0.25, 0.3) is 0 Å². The predicted molar refractivity (Wildman–Crippen MR) is 63.4 cm³/mol. The first kappa shape index (κ1) is 11.5. The molecule has 1 aliphatic rings. The molecule has 2 rings (SSSR count). The van der Waals surface area contributed by atoms with Gasteiger partial charge in [-0.1, -0.05) is 11.3 Å². The molecule has 0 amide bonds. The molecule has 0 aliphatic carbocycles. The Morgan fingerprint density at radius 3 is 3.06 bits per heavy atom. The van der Waals surface area contributed by atoms with Crippen molar-refractivity contribution in [1.82, 2.24) is 10.3 Å². The summed E-state index contributed by atoms with van der Waals surface area (Å²) in [6.07, 6.45) is 1.66. The van der Waals surface area contributed by atoms with Crippen LogP contribution in [-0.4, -0.2) is 50.7 Å². The third-order valence-electron chi connectivity index (χ3n) is 2.39. The Labute approximate surface area is 98.4 Å². The van der Waals surface area contributed by atoms with Crippen LogP contribution in [0.4, 0.5) is 5.13 Å². The van der Waals surface area contributed by atoms with Gasteiger partial charge >= 0.3 is 0 Å². The number of carbonyl (C=O) groups is 1. The average Bonchev–Trinajstić information content (AvgIpc) is 2.80. The standard InChI is InChI=1S/C10H15N3O2S/c1-11-6-8(14)9-7-12-10(16-9)13-2-4-15-5-3-13/h7,11H,2-6H2,1H3. The van der Waals surface area contributed by atoms with Crippen molar-refractivity contribution < 1.29 is 9.53 Å². The van der Waals surface area contributed by atoms with Crippen molar-refractivity contribution in [3.05, 3.63) is 11.1 Å². The lowest BCUT2D eigenvalue weighted by Crippen LogP contribution is -2.36. The topological polar surface area (TPSA) is 54.5 Å². The van der Waals surface area contributed by atoms with Gasteiger partial charge in [-0.05, 0) is 7.05 Å². The molecule has 1 aliphatic heterocycles. The molecule has 88 valence electrons. The van der Waals surface area contributed by atoms with E-state index >= 15 is 0 Å². The fourth-order valence-corrected chi connectivity index (χ4v) is 2.45. The molecule has 0 aromatic carbocycles. The summed E-state index contributed by atoms with van der Waals surface area (Å²) in [6.45, 7) is 3.55. The van der Waals surface area contributed by atoms with Crippen LogP contribution in [0.2, 0.25) is 0 Å². The van der Waals surface area contributed by atoms with Crippen molar-refractivity contribution >= 4 is 22.3 Å². The number of rotatable bonds is 4. The van der Waals surface area contributed by atoms with Crippen LogP contribution < -0.4 is 10.2 Å². The van der Waals surface area contributed by atoms with Crippen molar-refractivity contribution in [2.45, 2.75) is 0 Å². The van der Waals surface area contributed by atoms with Crippen molar-refractivity contribution in [2.24, 2.45) is 0 Å². The largest absolute Gasteiger partial charge is 0.378 e. The summed E-state index contributed by atoms with van der Waals surface area (Å²) in [5, 5.41) is 3.77. The van der Waals surface area contributed by atoms with Crippen molar-refractivity contribution in [3.63, 3.8) is 0 Å². The van der Waals surface area contributed by atoms with Crippen LogP contribution in [0.5, 0.6) is 0 Å². The SMILES string of the molecule is CNCC(=O)c1cnc(N2CCOCC2)s1. The lowest BCUT2D eigenvalue weighted by atomic mass is 10.3. The van der Waals surface area contributed by atoms with Crippen LogP contribution in [0.15, 0.2) is 6.20 Å². The number of hydrogen-bond donors (Lipinski definition) is 1. The van der Waals surface area contributed by atoms with Crippen LogP contribution >= 0.6 is 11.3 Å². The van der Waals surface area contributed by atoms with Gasteiger partial charge in [0.1, 0.15) is 0 Å². The zero-order valence-electron chi connectivity index (χ0n) is 9.23. The van der Waals surface area contributed by atoms with E-state index in [1.165, 1.54) is 11.3 Å². The van der Waals surface area contributed by atoms with Gasteiger partial charge in [-0.25, -0.2) is 4.98 Å². The van der Waals surface area contributed by atoms with Crippen molar-refractivity contribution in [1.29, 1.82) is 0 Å². The normalized spacial score (nSPS) is 16.4. The zero-order valence-corrected chi connectivity index (χ0v) is 10.0. The molecule has 1 aromatic heterocycles. The summed E-state index contributed by atoms with van der Waals surface area (Å²) in [7, 11) is 1.77. The fourth-order valence-electron chi connectivity index (χ4n) is 1.54. The van der Waals surface area contributed by atoms with E-state index in [9.17, 15) is 4.79 Å². The van der Waals surface area contributed by atoms with Crippen LogP contribution in [-0.2, 0) is 4.74 Å². The van der Waals surface area contributed by atoms with E-state index in [1.54, 1.807) is 13.2 Å². The number of ketones is 1. The fraction of sp³-hybridized carbons (Fsp3) is 0.600. The van der Waals surface area contributed by atoms with Gasteiger partial charge in [-0.15, -0.1) is 0 Å². The van der Waals surface area contributed by atoms with Gasteiger partial charge in [0.2, 0.25) is 0 Å². The number of nitrogens with zero attached hydrogens (tertiary/aromatic N) is 2. The highest BCUT2D eigenvalue weighted by molar-refractivity contribution is 7.17. The second-order valence-electron chi connectivity index (χ2n) is 3.56. The number of anilines is 1. The monoisotopic (exact) mass is 241 g/mol. The van der Waals surface area contributed by atoms with E-state index in [0.29, 0.717) is 6.54 Å². The number of carbonyl (C=O) groups excluding carboxylic acids is 1. The molecule has 1 fully saturated rings. The number of Topliss-reactive ketones (excluding diaryl/α,β-unsaturated/α-hetero) is 1. The Balaban J connectivity index is 2.03. The lowest BCUT2D eigenvalue weighted by molar-refractivity contribution is 0.0997. The number of ether oxygens (including phenoxy) is 1. The average molecular weight is 241 g/mol. The Bertz CT molecular complexity index is 361. The smallest absolute Gasteiger partial charge is 0.188 e. The maximum absolute atomic E-state index is 11.6. The second-order valence-corrected chi connectivity index (χ2v) is 4.57. The highest BCUT2D eigenvalue weighted by Crippen LogP contribution is 2.23. The van der Waals surface area contributed by atoms with Gasteiger partial charge in [-0.3, -0.25) is 4.79 Å². The third kappa shape index (κ3) is 2.58. The molecule has 0 saturated carbocycles. The minimum Gasteiger partial charge on any atom is -0.378 e. The number of aromatic nitrogens is 1. The molecule has 0 radical (unpaired) electrons. The molecule has 0 unspecified atom stereocenters. The van der Waals surface area contributed by atoms with Gasteiger partial charge in [0, 0.05) is 13.1 Å². The molecule has 0 bridgehead atoms. The third-order valence-corrected chi connectivity index (χ3v) is 3.49. The maximum atomic E-state index is 11.6. The van der Waals surface area contributed by atoms with E-state index < -0.39 is 0 Å². The molecule has 5 nitrogen and oxygen atoms in total. The Hall–Kier alpha value is -0.980. The van der Waals surface area contributed by atoms with Gasteiger partial charge in [0.15, 0.2) is 10.9 Å². The maximum Gasteiger partial charge on any atom is 0.188 e. The number of thiazole rings is 1. The number of morpholine rings is 1. The first-order valence-electron chi connectivity index (χ1n) is 5.27. The summed E-state index contributed by atoms with van der Waals surface area (Å²) < 4.78 is 5.27. The second kappa shape index (κ2) is 5.38. The molecule has 1 N–H and O–H groups in total. The van der Waals surface area contributed by atoms with Crippen LogP contribution in [0, 0.1) is 0 Å². The Morgan fingerprint density at radius 1 is 1.62 bits per heavy atom. The first-order chi connectivity index (χ1) is 7.81. The van der Waals surface area contributed by atoms with Crippen molar-refractivity contribution in [3.8, 4) is 0 Å². The summed E-state index contributed by atoms with van der Waals surface area (Å²) in [6, 6.07) is 0. The van der Waals surface area contributed by atoms with E-state index in [-0.39, 0.29) is 5.78 Å². The van der Waals surface area contributed by atoms with Crippen LogP contribution in [0.25, 0.3) is 0 Å². The Kier molecular flexibility index (Phi) is 3.87. The first-order valence-corrected chi connectivity index (χ1v) is 6.09. The van der Waals surface area contributed by atoms with Crippen molar-refractivity contribution in [2.75, 3.05) is 44.8 Å².